The van der Waals surface area contributed by atoms with Gasteiger partial charge in [0.1, 0.15) is 0 Å². The lowest BCUT2D eigenvalue weighted by Crippen LogP contribution is -2.46. The van der Waals surface area contributed by atoms with Gasteiger partial charge >= 0.3 is 6.18 Å². The van der Waals surface area contributed by atoms with E-state index in [0.717, 1.165) is 19.2 Å². The first-order chi connectivity index (χ1) is 10.9. The van der Waals surface area contributed by atoms with E-state index in [-0.39, 0.29) is 0 Å². The molecule has 0 amide bonds. The van der Waals surface area contributed by atoms with Crippen LogP contribution in [-0.2, 0) is 12.7 Å². The molecule has 0 N–H and O–H groups in total. The molecule has 124 valence electrons. The molecule has 0 atom stereocenters. The fourth-order valence-electron chi connectivity index (χ4n) is 2.37. The van der Waals surface area contributed by atoms with Gasteiger partial charge in [-0.1, -0.05) is 0 Å². The predicted octanol–water partition coefficient (Wildman–Crippen LogP) is 1.51. The van der Waals surface area contributed by atoms with Crippen LogP contribution in [-0.4, -0.2) is 51.5 Å². The monoisotopic (exact) mass is 328 g/mol. The Kier molecular flexibility index (Phi) is 4.16. The fourth-order valence-corrected chi connectivity index (χ4v) is 2.37. The molecule has 0 aromatic carbocycles. The average molecular weight is 328 g/mol. The smallest absolute Gasteiger partial charge is 0.424 e. The van der Waals surface area contributed by atoms with Gasteiger partial charge in [-0.2, -0.15) is 13.2 Å². The summed E-state index contributed by atoms with van der Waals surface area (Å²) in [6.07, 6.45) is -4.47. The van der Waals surface area contributed by atoms with E-state index in [4.69, 9.17) is 4.42 Å². The Morgan fingerprint density at radius 3 is 2.30 bits per heavy atom. The summed E-state index contributed by atoms with van der Waals surface area (Å²) in [5, 5.41) is 14.7. The molecular weight excluding hydrogens is 313 g/mol. The van der Waals surface area contributed by atoms with Crippen LogP contribution in [0.1, 0.15) is 17.5 Å². The van der Waals surface area contributed by atoms with Gasteiger partial charge < -0.3 is 9.32 Å². The van der Waals surface area contributed by atoms with Crippen molar-refractivity contribution in [1.82, 2.24) is 25.3 Å². The summed E-state index contributed by atoms with van der Waals surface area (Å²) in [6.45, 7) is 5.04. The lowest BCUT2D eigenvalue weighted by atomic mass is 10.3. The highest BCUT2D eigenvalue weighted by atomic mass is 19.4. The molecule has 0 radical (unpaired) electrons. The Balaban J connectivity index is 1.56. The van der Waals surface area contributed by atoms with Crippen LogP contribution in [0, 0.1) is 6.92 Å². The van der Waals surface area contributed by atoms with Crippen LogP contribution >= 0.6 is 0 Å². The minimum atomic E-state index is -4.47. The van der Waals surface area contributed by atoms with Crippen molar-refractivity contribution in [3.8, 4) is 0 Å². The molecule has 10 heteroatoms. The van der Waals surface area contributed by atoms with Gasteiger partial charge in [0.15, 0.2) is 11.5 Å². The van der Waals surface area contributed by atoms with E-state index in [1.165, 1.54) is 6.07 Å². The van der Waals surface area contributed by atoms with Crippen molar-refractivity contribution in [3.05, 3.63) is 29.6 Å². The molecule has 2 aromatic rings. The SMILES string of the molecule is Cc1nnc(CN2CCN(c3ccc(C(F)(F)F)nn3)CC2)o1. The first-order valence-corrected chi connectivity index (χ1v) is 7.09. The van der Waals surface area contributed by atoms with Crippen LogP contribution in [0.3, 0.4) is 0 Å². The Labute approximate surface area is 130 Å². The number of aryl methyl sites for hydroxylation is 1. The first kappa shape index (κ1) is 15.7. The van der Waals surface area contributed by atoms with Gasteiger partial charge in [-0.25, -0.2) is 0 Å². The quantitative estimate of drug-likeness (QED) is 0.846. The molecule has 3 rings (SSSR count). The first-order valence-electron chi connectivity index (χ1n) is 7.09. The predicted molar refractivity (Wildman–Crippen MR) is 73.6 cm³/mol. The highest BCUT2D eigenvalue weighted by molar-refractivity contribution is 5.38. The third kappa shape index (κ3) is 3.76. The Morgan fingerprint density at radius 2 is 1.78 bits per heavy atom. The number of anilines is 1. The minimum absolute atomic E-state index is 0.450. The zero-order valence-electron chi connectivity index (χ0n) is 12.4. The van der Waals surface area contributed by atoms with Crippen molar-refractivity contribution >= 4 is 5.82 Å². The fraction of sp³-hybridized carbons (Fsp3) is 0.538. The Hall–Kier alpha value is -2.23. The van der Waals surface area contributed by atoms with Crippen LogP contribution in [0.5, 0.6) is 0 Å². The molecule has 2 aromatic heterocycles. The summed E-state index contributed by atoms with van der Waals surface area (Å²) in [7, 11) is 0. The third-order valence-corrected chi connectivity index (χ3v) is 3.56. The van der Waals surface area contributed by atoms with Crippen molar-refractivity contribution < 1.29 is 17.6 Å². The summed E-state index contributed by atoms with van der Waals surface area (Å²) in [5.41, 5.74) is -0.980. The summed E-state index contributed by atoms with van der Waals surface area (Å²) < 4.78 is 42.8. The maximum atomic E-state index is 12.5. The molecular formula is C13H15F3N6O. The molecule has 0 bridgehead atoms. The summed E-state index contributed by atoms with van der Waals surface area (Å²) in [4.78, 5) is 4.05. The van der Waals surface area contributed by atoms with Gasteiger partial charge in [0.25, 0.3) is 0 Å². The normalized spacial score (nSPS) is 16.8. The largest absolute Gasteiger partial charge is 0.435 e. The number of hydrogen-bond acceptors (Lipinski definition) is 7. The maximum absolute atomic E-state index is 12.5. The second-order valence-corrected chi connectivity index (χ2v) is 5.25. The van der Waals surface area contributed by atoms with Crippen LogP contribution in [0.2, 0.25) is 0 Å². The lowest BCUT2D eigenvalue weighted by molar-refractivity contribution is -0.141. The maximum Gasteiger partial charge on any atom is 0.435 e. The Bertz CT molecular complexity index is 648. The number of nitrogens with zero attached hydrogens (tertiary/aromatic N) is 6. The molecule has 0 saturated carbocycles. The summed E-state index contributed by atoms with van der Waals surface area (Å²) in [5.74, 6) is 1.54. The number of rotatable bonds is 3. The van der Waals surface area contributed by atoms with E-state index in [9.17, 15) is 13.2 Å². The van der Waals surface area contributed by atoms with Crippen molar-refractivity contribution in [2.24, 2.45) is 0 Å². The van der Waals surface area contributed by atoms with E-state index >= 15 is 0 Å². The van der Waals surface area contributed by atoms with E-state index in [1.54, 1.807) is 6.92 Å². The van der Waals surface area contributed by atoms with Gasteiger partial charge in [-0.05, 0) is 12.1 Å². The molecule has 1 aliphatic heterocycles. The highest BCUT2D eigenvalue weighted by Gasteiger charge is 2.33. The Morgan fingerprint density at radius 1 is 1.04 bits per heavy atom. The van der Waals surface area contributed by atoms with E-state index in [1.807, 2.05) is 4.90 Å². The van der Waals surface area contributed by atoms with Crippen molar-refractivity contribution in [3.63, 3.8) is 0 Å². The average Bonchev–Trinajstić information content (AvgIpc) is 2.92. The van der Waals surface area contributed by atoms with Crippen LogP contribution < -0.4 is 4.90 Å². The number of piperazine rings is 1. The number of alkyl halides is 3. The highest BCUT2D eigenvalue weighted by Crippen LogP contribution is 2.27. The topological polar surface area (TPSA) is 71.2 Å². The molecule has 3 heterocycles. The van der Waals surface area contributed by atoms with E-state index in [2.05, 4.69) is 25.3 Å². The third-order valence-electron chi connectivity index (χ3n) is 3.56. The molecule has 1 fully saturated rings. The molecule has 23 heavy (non-hydrogen) atoms. The number of aromatic nitrogens is 4. The van der Waals surface area contributed by atoms with Crippen LogP contribution in [0.25, 0.3) is 0 Å². The molecule has 1 aliphatic rings. The zero-order chi connectivity index (χ0) is 16.4. The van der Waals surface area contributed by atoms with Crippen molar-refractivity contribution in [1.29, 1.82) is 0 Å². The summed E-state index contributed by atoms with van der Waals surface area (Å²) in [6, 6.07) is 2.31. The molecule has 0 aliphatic carbocycles. The summed E-state index contributed by atoms with van der Waals surface area (Å²) >= 11 is 0. The van der Waals surface area contributed by atoms with Crippen molar-refractivity contribution in [2.45, 2.75) is 19.6 Å². The van der Waals surface area contributed by atoms with Gasteiger partial charge in [0, 0.05) is 33.1 Å². The molecule has 0 unspecified atom stereocenters. The van der Waals surface area contributed by atoms with Crippen molar-refractivity contribution in [2.75, 3.05) is 31.1 Å². The number of halogens is 3. The van der Waals surface area contributed by atoms with Gasteiger partial charge in [-0.3, -0.25) is 4.90 Å². The molecule has 0 spiro atoms. The van der Waals surface area contributed by atoms with Crippen LogP contribution in [0.15, 0.2) is 16.5 Å². The van der Waals surface area contributed by atoms with E-state index < -0.39 is 11.9 Å². The molecule has 7 nitrogen and oxygen atoms in total. The van der Waals surface area contributed by atoms with Crippen LogP contribution in [0.4, 0.5) is 19.0 Å². The lowest BCUT2D eigenvalue weighted by Gasteiger charge is -2.34. The second-order valence-electron chi connectivity index (χ2n) is 5.25. The van der Waals surface area contributed by atoms with Gasteiger partial charge in [-0.15, -0.1) is 20.4 Å². The second kappa shape index (κ2) is 6.11. The zero-order valence-corrected chi connectivity index (χ0v) is 12.4. The van der Waals surface area contributed by atoms with Gasteiger partial charge in [0.05, 0.1) is 6.54 Å². The molecule has 1 saturated heterocycles. The standard InChI is InChI=1S/C13H15F3N6O/c1-9-17-20-12(23-9)8-21-4-6-22(7-5-21)11-3-2-10(18-19-11)13(14,15)16/h2-3H,4-8H2,1H3. The van der Waals surface area contributed by atoms with E-state index in [0.29, 0.717) is 37.2 Å². The van der Waals surface area contributed by atoms with Gasteiger partial charge in [0.2, 0.25) is 11.8 Å². The minimum Gasteiger partial charge on any atom is -0.424 e. The number of hydrogen-bond donors (Lipinski definition) is 0.